The highest BCUT2D eigenvalue weighted by Gasteiger charge is 2.13. The third-order valence-corrected chi connectivity index (χ3v) is 8.92. The number of aldehydes is 1. The Hall–Kier alpha value is -3.79. The summed E-state index contributed by atoms with van der Waals surface area (Å²) in [6, 6.07) is 14.2. The van der Waals surface area contributed by atoms with Crippen molar-refractivity contribution in [3.63, 3.8) is 0 Å². The summed E-state index contributed by atoms with van der Waals surface area (Å²) in [6.07, 6.45) is 7.66. The molecule has 2 aromatic heterocycles. The molecule has 270 valence electrons. The second-order valence-electron chi connectivity index (χ2n) is 11.0. The quantitative estimate of drug-likeness (QED) is 0.0459. The molecule has 0 N–H and O–H groups in total. The minimum absolute atomic E-state index is 0.0494. The summed E-state index contributed by atoms with van der Waals surface area (Å²) in [5, 5.41) is 2.37. The van der Waals surface area contributed by atoms with Gasteiger partial charge in [0.25, 0.3) is 5.56 Å². The van der Waals surface area contributed by atoms with E-state index in [2.05, 4.69) is 57.0 Å². The van der Waals surface area contributed by atoms with Crippen LogP contribution in [-0.2, 0) is 39.6 Å². The lowest BCUT2D eigenvalue weighted by atomic mass is 10.1. The van der Waals surface area contributed by atoms with E-state index in [1.54, 1.807) is 17.7 Å². The Kier molecular flexibility index (Phi) is 19.4. The van der Waals surface area contributed by atoms with Crippen molar-refractivity contribution in [1.82, 2.24) is 19.1 Å². The molecule has 0 aliphatic heterocycles. The van der Waals surface area contributed by atoms with Crippen LogP contribution >= 0.6 is 32.6 Å². The highest BCUT2D eigenvalue weighted by Crippen LogP contribution is 2.23. The van der Waals surface area contributed by atoms with Crippen LogP contribution in [0.2, 0.25) is 5.02 Å². The molecule has 2 aromatic carbocycles. The monoisotopic (exact) mass is 741 g/mol. The highest BCUT2D eigenvalue weighted by molar-refractivity contribution is 7.98. The smallest absolute Gasteiger partial charge is 0.348 e. The van der Waals surface area contributed by atoms with Crippen LogP contribution < -0.4 is 21.5 Å². The lowest BCUT2D eigenvalue weighted by Gasteiger charge is -2.24. The molecular weight excluding hydrogens is 693 g/mol. The van der Waals surface area contributed by atoms with E-state index in [0.717, 1.165) is 45.4 Å². The summed E-state index contributed by atoms with van der Waals surface area (Å²) in [6.45, 7) is 14.4. The number of hydrogen-bond donors (Lipinski definition) is 0. The fourth-order valence-corrected chi connectivity index (χ4v) is 5.98. The second kappa shape index (κ2) is 22.8. The van der Waals surface area contributed by atoms with Gasteiger partial charge in [0, 0.05) is 60.1 Å². The van der Waals surface area contributed by atoms with E-state index in [9.17, 15) is 19.2 Å². The van der Waals surface area contributed by atoms with Gasteiger partial charge in [0.1, 0.15) is 12.8 Å². The van der Waals surface area contributed by atoms with Gasteiger partial charge in [0.05, 0.1) is 13.2 Å². The molecule has 2 heterocycles. The summed E-state index contributed by atoms with van der Waals surface area (Å²) in [7, 11) is 2.63. The Bertz CT molecular complexity index is 1780. The van der Waals surface area contributed by atoms with Crippen molar-refractivity contribution in [3.8, 4) is 0 Å². The normalized spacial score (nSPS) is 10.3. The van der Waals surface area contributed by atoms with Crippen LogP contribution in [0.25, 0.3) is 0 Å². The van der Waals surface area contributed by atoms with Crippen LogP contribution in [0, 0.1) is 6.92 Å². The predicted octanol–water partition coefficient (Wildman–Crippen LogP) is 6.25. The topological polar surface area (TPSA) is 116 Å². The Morgan fingerprint density at radius 2 is 1.68 bits per heavy atom. The molecule has 4 rings (SSSR count). The van der Waals surface area contributed by atoms with Crippen molar-refractivity contribution in [3.05, 3.63) is 109 Å². The third kappa shape index (κ3) is 13.8. The van der Waals surface area contributed by atoms with Gasteiger partial charge < -0.3 is 19.0 Å². The number of nitrogens with zero attached hydrogens (tertiary/aromatic N) is 5. The van der Waals surface area contributed by atoms with Crippen molar-refractivity contribution in [2.45, 2.75) is 84.8 Å². The zero-order valence-corrected chi connectivity index (χ0v) is 32.6. The minimum Gasteiger partial charge on any atom is -0.465 e. The van der Waals surface area contributed by atoms with E-state index >= 15 is 0 Å². The summed E-state index contributed by atoms with van der Waals surface area (Å²) in [5.41, 5.74) is 3.39. The number of anilines is 1. The number of benzene rings is 2. The van der Waals surface area contributed by atoms with Gasteiger partial charge in [-0.15, -0.1) is 9.24 Å². The molecule has 0 saturated heterocycles. The van der Waals surface area contributed by atoms with Gasteiger partial charge in [-0.2, -0.15) is 4.98 Å². The molecule has 1 atom stereocenters. The summed E-state index contributed by atoms with van der Waals surface area (Å²) in [5.74, 6) is 0.0421. The first-order valence-corrected chi connectivity index (χ1v) is 18.8. The van der Waals surface area contributed by atoms with Crippen molar-refractivity contribution in [2.75, 3.05) is 24.6 Å². The average molecular weight is 742 g/mol. The Morgan fingerprint density at radius 1 is 1.00 bits per heavy atom. The van der Waals surface area contributed by atoms with E-state index in [0.29, 0.717) is 22.0 Å². The zero-order chi connectivity index (χ0) is 37.1. The van der Waals surface area contributed by atoms with E-state index in [1.165, 1.54) is 42.7 Å². The van der Waals surface area contributed by atoms with Crippen LogP contribution in [0.5, 0.6) is 0 Å². The molecule has 0 spiro atoms. The van der Waals surface area contributed by atoms with Crippen LogP contribution in [0.1, 0.15) is 69.7 Å². The summed E-state index contributed by atoms with van der Waals surface area (Å²) < 4.78 is 7.63. The van der Waals surface area contributed by atoms with E-state index in [1.807, 2.05) is 44.2 Å². The number of thioether (sulfide) groups is 1. The summed E-state index contributed by atoms with van der Waals surface area (Å²) >= 11 is 7.39. The van der Waals surface area contributed by atoms with E-state index in [-0.39, 0.29) is 26.1 Å². The Balaban J connectivity index is 0.000000426. The lowest BCUT2D eigenvalue weighted by Crippen LogP contribution is -2.27. The van der Waals surface area contributed by atoms with Crippen LogP contribution in [0.15, 0.2) is 75.8 Å². The largest absolute Gasteiger partial charge is 0.465 e. The molecule has 0 bridgehead atoms. The molecule has 0 radical (unpaired) electrons. The molecule has 50 heavy (non-hydrogen) atoms. The first kappa shape index (κ1) is 42.4. The number of carbonyl (C=O) groups is 2. The van der Waals surface area contributed by atoms with Crippen molar-refractivity contribution in [2.24, 2.45) is 0 Å². The number of ether oxygens (including phenoxy) is 1. The SMILES string of the molecule is CC.CCCN(CCC)c1ccc(Cl)c(C)c1.CCOC(=O)Cn1cc(Cc2cn(CC=O)c(SCc3ccc(P)cc3)nc2=O)cnc1=O. The number of hydrogen-bond acceptors (Lipinski definition) is 9. The van der Waals surface area contributed by atoms with Crippen molar-refractivity contribution < 1.29 is 14.3 Å². The number of esters is 1. The van der Waals surface area contributed by atoms with Gasteiger partial charge >= 0.3 is 11.7 Å². The molecular formula is C37H49ClN5O5PS. The van der Waals surface area contributed by atoms with Crippen molar-refractivity contribution >= 4 is 55.9 Å². The number of aryl methyl sites for hydroxylation is 1. The Morgan fingerprint density at radius 3 is 2.28 bits per heavy atom. The van der Waals surface area contributed by atoms with Crippen molar-refractivity contribution in [1.29, 1.82) is 0 Å². The number of aromatic nitrogens is 4. The number of halogens is 1. The fourth-order valence-electron chi connectivity index (χ4n) is 4.74. The summed E-state index contributed by atoms with van der Waals surface area (Å²) in [4.78, 5) is 57.9. The first-order chi connectivity index (χ1) is 24.1. The highest BCUT2D eigenvalue weighted by atomic mass is 35.5. The van der Waals surface area contributed by atoms with Gasteiger partial charge in [-0.25, -0.2) is 9.78 Å². The molecule has 13 heteroatoms. The maximum atomic E-state index is 12.7. The molecule has 0 amide bonds. The molecule has 0 aliphatic rings. The molecule has 4 aromatic rings. The molecule has 0 aliphatic carbocycles. The van der Waals surface area contributed by atoms with Crippen LogP contribution in [0.4, 0.5) is 5.69 Å². The van der Waals surface area contributed by atoms with Gasteiger partial charge in [-0.1, -0.05) is 75.3 Å². The first-order valence-electron chi connectivity index (χ1n) is 16.8. The van der Waals surface area contributed by atoms with Gasteiger partial charge in [-0.3, -0.25) is 14.2 Å². The van der Waals surface area contributed by atoms with Gasteiger partial charge in [-0.05, 0) is 66.9 Å². The zero-order valence-electron chi connectivity index (χ0n) is 29.9. The van der Waals surface area contributed by atoms with Crippen LogP contribution in [-0.4, -0.2) is 51.1 Å². The minimum atomic E-state index is -0.593. The molecule has 10 nitrogen and oxygen atoms in total. The van der Waals surface area contributed by atoms with Crippen LogP contribution in [0.3, 0.4) is 0 Å². The molecule has 0 saturated carbocycles. The fraction of sp³-hybridized carbons (Fsp3) is 0.405. The molecule has 1 unspecified atom stereocenters. The van der Waals surface area contributed by atoms with E-state index < -0.39 is 17.2 Å². The van der Waals surface area contributed by atoms with Gasteiger partial charge in [0.2, 0.25) is 0 Å². The maximum absolute atomic E-state index is 12.7. The standard InChI is InChI=1S/C22H23N4O5PS.C13H20ClN.C2H6/c1-2-31-19(28)13-26-11-16(10-23-21(26)30)9-17-12-25(7-8-27)22(24-20(17)29)33-14-15-3-5-18(32)6-4-15;1-4-8-15(9-5-2)12-6-7-13(14)11(3)10-12;1-2/h3-6,8,10-12H,2,7,9,13-14,32H2,1H3;6-7,10H,4-5,8-9H2,1-3H3;1-2H3. The Labute approximate surface area is 306 Å². The second-order valence-corrected chi connectivity index (χ2v) is 13.0. The van der Waals surface area contributed by atoms with Gasteiger partial charge in [0.15, 0.2) is 5.16 Å². The maximum Gasteiger partial charge on any atom is 0.348 e. The number of carbonyl (C=O) groups excluding carboxylic acids is 2. The molecule has 0 fully saturated rings. The number of rotatable bonds is 15. The average Bonchev–Trinajstić information content (AvgIpc) is 3.10. The third-order valence-electron chi connectivity index (χ3n) is 7.05. The predicted molar refractivity (Wildman–Crippen MR) is 208 cm³/mol. The van der Waals surface area contributed by atoms with E-state index in [4.69, 9.17) is 16.3 Å². The lowest BCUT2D eigenvalue weighted by molar-refractivity contribution is -0.143.